The van der Waals surface area contributed by atoms with Gasteiger partial charge in [0.2, 0.25) is 0 Å². The van der Waals surface area contributed by atoms with Gasteiger partial charge in [-0.3, -0.25) is 15.8 Å². The van der Waals surface area contributed by atoms with Crippen molar-refractivity contribution in [2.75, 3.05) is 0 Å². The molecule has 0 aliphatic heterocycles. The van der Waals surface area contributed by atoms with Crippen molar-refractivity contribution in [3.05, 3.63) is 77.0 Å². The highest BCUT2D eigenvalue weighted by molar-refractivity contribution is 5.95. The molecule has 146 valence electrons. The molecule has 1 unspecified atom stereocenters. The molecule has 5 N–H and O–H groups in total. The zero-order chi connectivity index (χ0) is 20.4. The van der Waals surface area contributed by atoms with Gasteiger partial charge in [-0.15, -0.1) is 0 Å². The van der Waals surface area contributed by atoms with Gasteiger partial charge in [0.25, 0.3) is 0 Å². The van der Waals surface area contributed by atoms with Gasteiger partial charge in [-0.1, -0.05) is 48.5 Å². The fourth-order valence-corrected chi connectivity index (χ4v) is 2.61. The van der Waals surface area contributed by atoms with Gasteiger partial charge in [0, 0.05) is 36.5 Å². The number of benzene rings is 2. The lowest BCUT2D eigenvalue weighted by Crippen LogP contribution is -2.27. The number of hydrogen-bond acceptors (Lipinski definition) is 5. The van der Waals surface area contributed by atoms with Crippen molar-refractivity contribution in [1.82, 2.24) is 10.7 Å². The maximum absolute atomic E-state index is 7.52. The highest BCUT2D eigenvalue weighted by Gasteiger charge is 2.06. The minimum atomic E-state index is 0.0197. The third-order valence-electron chi connectivity index (χ3n) is 4.27. The topological polar surface area (TPSA) is 98.7 Å². The van der Waals surface area contributed by atoms with Crippen LogP contribution in [-0.2, 0) is 13.0 Å². The summed E-state index contributed by atoms with van der Waals surface area (Å²) in [5, 5.41) is 15.2. The van der Waals surface area contributed by atoms with Gasteiger partial charge in [-0.25, -0.2) is 0 Å². The molecule has 0 bridgehead atoms. The van der Waals surface area contributed by atoms with Crippen molar-refractivity contribution < 1.29 is 0 Å². The molecule has 6 nitrogen and oxygen atoms in total. The summed E-state index contributed by atoms with van der Waals surface area (Å²) in [6, 6.07) is 15.8. The number of hydrogen-bond donors (Lipinski definition) is 4. The van der Waals surface area contributed by atoms with E-state index in [-0.39, 0.29) is 11.9 Å². The molecule has 2 aromatic carbocycles. The van der Waals surface area contributed by atoms with Crippen molar-refractivity contribution in [1.29, 1.82) is 5.41 Å². The third kappa shape index (κ3) is 6.48. The minimum Gasteiger partial charge on any atom is -0.384 e. The van der Waals surface area contributed by atoms with Gasteiger partial charge < -0.3 is 11.1 Å². The quantitative estimate of drug-likeness (QED) is 0.290. The number of hydrazone groups is 1. The molecule has 2 rings (SSSR count). The lowest BCUT2D eigenvalue weighted by molar-refractivity contribution is 0.661. The third-order valence-corrected chi connectivity index (χ3v) is 4.27. The molecule has 6 heteroatoms. The zero-order valence-corrected chi connectivity index (χ0v) is 16.4. The number of rotatable bonds is 10. The largest absolute Gasteiger partial charge is 0.384 e. The Labute approximate surface area is 166 Å². The molecule has 0 heterocycles. The molecular formula is C22H28N6. The van der Waals surface area contributed by atoms with Crippen LogP contribution in [0.1, 0.15) is 30.5 Å². The molecule has 0 fully saturated rings. The maximum Gasteiger partial charge on any atom is 0.122 e. The second-order valence-electron chi connectivity index (χ2n) is 6.45. The Hall–Kier alpha value is -3.25. The van der Waals surface area contributed by atoms with Crippen LogP contribution in [0, 0.1) is 5.41 Å². The summed E-state index contributed by atoms with van der Waals surface area (Å²) in [5.74, 6) is 0.0197. The van der Waals surface area contributed by atoms with E-state index in [0.717, 1.165) is 23.4 Å². The van der Waals surface area contributed by atoms with Gasteiger partial charge >= 0.3 is 0 Å². The summed E-state index contributed by atoms with van der Waals surface area (Å²) in [7, 11) is 0. The van der Waals surface area contributed by atoms with Gasteiger partial charge in [0.05, 0.1) is 5.69 Å². The van der Waals surface area contributed by atoms with Crippen molar-refractivity contribution >= 4 is 24.5 Å². The predicted octanol–water partition coefficient (Wildman–Crippen LogP) is 3.50. The molecule has 0 amide bonds. The lowest BCUT2D eigenvalue weighted by atomic mass is 10.1. The minimum absolute atomic E-state index is 0.0197. The van der Waals surface area contributed by atoms with Gasteiger partial charge in [-0.2, -0.15) is 5.10 Å². The molecule has 0 saturated heterocycles. The molecular weight excluding hydrogens is 348 g/mol. The van der Waals surface area contributed by atoms with Gasteiger partial charge in [0.1, 0.15) is 5.84 Å². The highest BCUT2D eigenvalue weighted by atomic mass is 15.3. The van der Waals surface area contributed by atoms with Crippen LogP contribution in [-0.4, -0.2) is 24.8 Å². The Morgan fingerprint density at radius 1 is 1.25 bits per heavy atom. The van der Waals surface area contributed by atoms with Crippen LogP contribution in [0.4, 0.5) is 5.69 Å². The number of nitrogen functional groups attached to an aromatic ring is 1. The molecule has 0 aliphatic carbocycles. The van der Waals surface area contributed by atoms with Gasteiger partial charge in [-0.05, 0) is 37.8 Å². The number of nitrogens with two attached hydrogens (primary N) is 1. The Morgan fingerprint density at radius 3 is 2.64 bits per heavy atom. The first-order chi connectivity index (χ1) is 13.5. The fraction of sp³-hybridized carbons (Fsp3) is 0.227. The molecule has 0 saturated carbocycles. The highest BCUT2D eigenvalue weighted by Crippen LogP contribution is 2.20. The van der Waals surface area contributed by atoms with E-state index in [1.807, 2.05) is 56.5 Å². The summed E-state index contributed by atoms with van der Waals surface area (Å²) in [6.07, 6.45) is 4.67. The van der Waals surface area contributed by atoms with Crippen LogP contribution in [0.15, 0.2) is 70.4 Å². The summed E-state index contributed by atoms with van der Waals surface area (Å²) < 4.78 is 0. The summed E-state index contributed by atoms with van der Waals surface area (Å²) in [4.78, 5) is 4.03. The standard InChI is InChI=1S/C22H28N6/c1-4-20(12-17-8-6-5-7-9-17)28-27-14-16(2)26-15-19-11-10-18(22(23)24)13-21(19)25-3/h4-11,13-14,16,26,28H,3,12,15H2,1-2H3,(H3,23,24)/b20-4+,27-14+. The molecule has 0 aromatic heterocycles. The van der Waals surface area contributed by atoms with E-state index in [4.69, 9.17) is 11.1 Å². The van der Waals surface area contributed by atoms with Crippen molar-refractivity contribution in [3.8, 4) is 0 Å². The van der Waals surface area contributed by atoms with Crippen LogP contribution in [0.2, 0.25) is 0 Å². The molecule has 0 spiro atoms. The van der Waals surface area contributed by atoms with E-state index >= 15 is 0 Å². The number of nitrogens with zero attached hydrogens (tertiary/aromatic N) is 2. The van der Waals surface area contributed by atoms with E-state index in [0.29, 0.717) is 12.1 Å². The van der Waals surface area contributed by atoms with Crippen LogP contribution in [0.5, 0.6) is 0 Å². The fourth-order valence-electron chi connectivity index (χ4n) is 2.61. The lowest BCUT2D eigenvalue weighted by Gasteiger charge is -2.12. The van der Waals surface area contributed by atoms with Crippen molar-refractivity contribution in [3.63, 3.8) is 0 Å². The van der Waals surface area contributed by atoms with E-state index < -0.39 is 0 Å². The first-order valence-corrected chi connectivity index (χ1v) is 9.19. The Balaban J connectivity index is 1.87. The average molecular weight is 377 g/mol. The molecule has 1 atom stereocenters. The SMILES string of the molecule is C=Nc1cc(C(=N)N)ccc1CNC(C)/C=N/N/C(=C/C)Cc1ccccc1. The number of aliphatic imine (C=N–C) groups is 1. The Kier molecular flexibility index (Phi) is 8.11. The Morgan fingerprint density at radius 2 is 2.00 bits per heavy atom. The van der Waals surface area contributed by atoms with Crippen molar-refractivity contribution in [2.24, 2.45) is 15.8 Å². The average Bonchev–Trinajstić information content (AvgIpc) is 2.72. The van der Waals surface area contributed by atoms with Crippen LogP contribution < -0.4 is 16.5 Å². The van der Waals surface area contributed by atoms with E-state index in [2.05, 4.69) is 39.7 Å². The molecule has 0 radical (unpaired) electrons. The van der Waals surface area contributed by atoms with E-state index in [9.17, 15) is 0 Å². The maximum atomic E-state index is 7.52. The van der Waals surface area contributed by atoms with Crippen molar-refractivity contribution in [2.45, 2.75) is 32.9 Å². The molecule has 2 aromatic rings. The first-order valence-electron chi connectivity index (χ1n) is 9.19. The summed E-state index contributed by atoms with van der Waals surface area (Å²) in [5.41, 5.74) is 13.3. The van der Waals surface area contributed by atoms with Crippen LogP contribution in [0.25, 0.3) is 0 Å². The predicted molar refractivity (Wildman–Crippen MR) is 118 cm³/mol. The number of nitrogens with one attached hydrogen (secondary N) is 3. The Bertz CT molecular complexity index is 855. The second kappa shape index (κ2) is 10.8. The molecule has 0 aliphatic rings. The smallest absolute Gasteiger partial charge is 0.122 e. The molecule has 28 heavy (non-hydrogen) atoms. The van der Waals surface area contributed by atoms with E-state index in [1.165, 1.54) is 5.56 Å². The normalized spacial score (nSPS) is 12.7. The number of allylic oxidation sites excluding steroid dienone is 2. The van der Waals surface area contributed by atoms with Crippen LogP contribution >= 0.6 is 0 Å². The summed E-state index contributed by atoms with van der Waals surface area (Å²) in [6.45, 7) is 8.24. The number of amidine groups is 1. The monoisotopic (exact) mass is 376 g/mol. The van der Waals surface area contributed by atoms with Crippen LogP contribution in [0.3, 0.4) is 0 Å². The second-order valence-corrected chi connectivity index (χ2v) is 6.45. The first kappa shape index (κ1) is 21.1. The zero-order valence-electron chi connectivity index (χ0n) is 16.4. The van der Waals surface area contributed by atoms with Gasteiger partial charge in [0.15, 0.2) is 0 Å². The van der Waals surface area contributed by atoms with E-state index in [1.54, 1.807) is 6.07 Å². The summed E-state index contributed by atoms with van der Waals surface area (Å²) >= 11 is 0.